The fourth-order valence-electron chi connectivity index (χ4n) is 1.49. The van der Waals surface area contributed by atoms with Crippen molar-refractivity contribution in [3.63, 3.8) is 0 Å². The highest BCUT2D eigenvalue weighted by molar-refractivity contribution is 7.10. The van der Waals surface area contributed by atoms with E-state index in [0.717, 1.165) is 6.42 Å². The lowest BCUT2D eigenvalue weighted by atomic mass is 10.1. The van der Waals surface area contributed by atoms with E-state index >= 15 is 0 Å². The Morgan fingerprint density at radius 3 is 2.88 bits per heavy atom. The van der Waals surface area contributed by atoms with Gasteiger partial charge >= 0.3 is 5.97 Å². The van der Waals surface area contributed by atoms with Crippen molar-refractivity contribution in [1.82, 2.24) is 5.32 Å². The molecule has 94 valence electrons. The Kier molecular flexibility index (Phi) is 5.94. The Morgan fingerprint density at radius 1 is 1.59 bits per heavy atom. The van der Waals surface area contributed by atoms with Crippen LogP contribution >= 0.6 is 11.3 Å². The van der Waals surface area contributed by atoms with Crippen LogP contribution in [0.3, 0.4) is 0 Å². The third kappa shape index (κ3) is 4.32. The monoisotopic (exact) mass is 253 g/mol. The van der Waals surface area contributed by atoms with Crippen molar-refractivity contribution in [1.29, 1.82) is 0 Å². The molecule has 0 amide bonds. The standard InChI is InChI=1S/C13H19NO2S/c1-4-11(12-7-6-8-17-12)14-9-10(3)13(15)16-5-2/h6-8,11,14H,3-5,9H2,1-2H3. The zero-order valence-corrected chi connectivity index (χ0v) is 11.2. The van der Waals surface area contributed by atoms with E-state index in [0.29, 0.717) is 18.7 Å². The molecule has 17 heavy (non-hydrogen) atoms. The minimum atomic E-state index is -0.318. The topological polar surface area (TPSA) is 38.3 Å². The first-order chi connectivity index (χ1) is 8.19. The van der Waals surface area contributed by atoms with Crippen LogP contribution in [0.1, 0.15) is 31.2 Å². The highest BCUT2D eigenvalue weighted by Gasteiger charge is 2.12. The largest absolute Gasteiger partial charge is 0.463 e. The molecule has 1 unspecified atom stereocenters. The van der Waals surface area contributed by atoms with Gasteiger partial charge in [0.05, 0.1) is 6.61 Å². The van der Waals surface area contributed by atoms with Gasteiger partial charge in [-0.1, -0.05) is 19.6 Å². The number of rotatable bonds is 7. The molecule has 1 atom stereocenters. The van der Waals surface area contributed by atoms with E-state index in [-0.39, 0.29) is 12.0 Å². The van der Waals surface area contributed by atoms with Crippen molar-refractivity contribution in [2.45, 2.75) is 26.3 Å². The van der Waals surface area contributed by atoms with Crippen molar-refractivity contribution in [3.8, 4) is 0 Å². The first-order valence-corrected chi connectivity index (χ1v) is 6.68. The number of esters is 1. The van der Waals surface area contributed by atoms with Crippen LogP contribution in [0.5, 0.6) is 0 Å². The van der Waals surface area contributed by atoms with E-state index in [1.807, 2.05) is 6.07 Å². The Bertz CT molecular complexity index is 360. The SMILES string of the molecule is C=C(CNC(CC)c1cccs1)C(=O)OCC. The maximum Gasteiger partial charge on any atom is 0.334 e. The van der Waals surface area contributed by atoms with Gasteiger partial charge in [-0.15, -0.1) is 11.3 Å². The molecule has 1 aromatic heterocycles. The van der Waals surface area contributed by atoms with Crippen LogP contribution in [0.25, 0.3) is 0 Å². The van der Waals surface area contributed by atoms with Crippen LogP contribution in [0.15, 0.2) is 29.7 Å². The van der Waals surface area contributed by atoms with E-state index in [1.54, 1.807) is 18.3 Å². The van der Waals surface area contributed by atoms with Crippen molar-refractivity contribution >= 4 is 17.3 Å². The highest BCUT2D eigenvalue weighted by atomic mass is 32.1. The van der Waals surface area contributed by atoms with E-state index < -0.39 is 0 Å². The van der Waals surface area contributed by atoms with Gasteiger partial charge in [0.25, 0.3) is 0 Å². The number of carbonyl (C=O) groups excluding carboxylic acids is 1. The third-order valence-corrected chi connectivity index (χ3v) is 3.41. The van der Waals surface area contributed by atoms with Crippen molar-refractivity contribution in [3.05, 3.63) is 34.5 Å². The Morgan fingerprint density at radius 2 is 2.35 bits per heavy atom. The minimum Gasteiger partial charge on any atom is -0.463 e. The molecule has 0 bridgehead atoms. The van der Waals surface area contributed by atoms with Gasteiger partial charge in [0.1, 0.15) is 0 Å². The van der Waals surface area contributed by atoms with Crippen molar-refractivity contribution in [2.24, 2.45) is 0 Å². The quantitative estimate of drug-likeness (QED) is 0.600. The van der Waals surface area contributed by atoms with Crippen molar-refractivity contribution in [2.75, 3.05) is 13.2 Å². The predicted molar refractivity (Wildman–Crippen MR) is 71.1 cm³/mol. The number of ether oxygens (including phenoxy) is 1. The molecule has 1 aromatic rings. The maximum absolute atomic E-state index is 11.4. The number of nitrogens with one attached hydrogen (secondary N) is 1. The second kappa shape index (κ2) is 7.25. The molecule has 0 saturated heterocycles. The van der Waals surface area contributed by atoms with E-state index in [2.05, 4.69) is 30.3 Å². The number of hydrogen-bond acceptors (Lipinski definition) is 4. The van der Waals surface area contributed by atoms with Gasteiger partial charge in [-0.3, -0.25) is 0 Å². The van der Waals surface area contributed by atoms with Gasteiger partial charge in [0.15, 0.2) is 0 Å². The lowest BCUT2D eigenvalue weighted by molar-refractivity contribution is -0.138. The second-order valence-electron chi connectivity index (χ2n) is 3.68. The molecule has 1 heterocycles. The average molecular weight is 253 g/mol. The normalized spacial score (nSPS) is 12.1. The minimum absolute atomic E-state index is 0.279. The van der Waals surface area contributed by atoms with Gasteiger partial charge in [-0.25, -0.2) is 4.79 Å². The van der Waals surface area contributed by atoms with Crippen LogP contribution in [-0.2, 0) is 9.53 Å². The van der Waals surface area contributed by atoms with Gasteiger partial charge < -0.3 is 10.1 Å². The molecule has 0 saturated carbocycles. The van der Waals surface area contributed by atoms with Crippen molar-refractivity contribution < 1.29 is 9.53 Å². The Labute approximate surface area is 106 Å². The number of hydrogen-bond donors (Lipinski definition) is 1. The lowest BCUT2D eigenvalue weighted by Gasteiger charge is -2.15. The molecule has 0 aliphatic heterocycles. The fourth-order valence-corrected chi connectivity index (χ4v) is 2.37. The summed E-state index contributed by atoms with van der Waals surface area (Å²) in [5, 5.41) is 5.38. The van der Waals surface area contributed by atoms with E-state index in [4.69, 9.17) is 4.74 Å². The summed E-state index contributed by atoms with van der Waals surface area (Å²) in [5.41, 5.74) is 0.474. The summed E-state index contributed by atoms with van der Waals surface area (Å²) in [4.78, 5) is 12.7. The highest BCUT2D eigenvalue weighted by Crippen LogP contribution is 2.21. The average Bonchev–Trinajstić information content (AvgIpc) is 2.83. The maximum atomic E-state index is 11.4. The summed E-state index contributed by atoms with van der Waals surface area (Å²) in [6.07, 6.45) is 0.983. The zero-order chi connectivity index (χ0) is 12.7. The number of carbonyl (C=O) groups is 1. The summed E-state index contributed by atoms with van der Waals surface area (Å²) in [6.45, 7) is 8.49. The lowest BCUT2D eigenvalue weighted by Crippen LogP contribution is -2.25. The molecule has 1 rings (SSSR count). The van der Waals surface area contributed by atoms with E-state index in [9.17, 15) is 4.79 Å². The van der Waals surface area contributed by atoms with Crippen LogP contribution in [-0.4, -0.2) is 19.1 Å². The Hall–Kier alpha value is -1.13. The first kappa shape index (κ1) is 13.9. The van der Waals surface area contributed by atoms with Crippen LogP contribution < -0.4 is 5.32 Å². The smallest absolute Gasteiger partial charge is 0.334 e. The molecule has 0 aliphatic rings. The first-order valence-electron chi connectivity index (χ1n) is 5.80. The Balaban J connectivity index is 2.43. The van der Waals surface area contributed by atoms with E-state index in [1.165, 1.54) is 4.88 Å². The molecule has 0 fully saturated rings. The summed E-state index contributed by atoms with van der Waals surface area (Å²) < 4.78 is 4.88. The molecule has 0 spiro atoms. The summed E-state index contributed by atoms with van der Waals surface area (Å²) >= 11 is 1.72. The third-order valence-electron chi connectivity index (χ3n) is 2.42. The molecule has 3 nitrogen and oxygen atoms in total. The van der Waals surface area contributed by atoms with Gasteiger partial charge in [0, 0.05) is 23.0 Å². The zero-order valence-electron chi connectivity index (χ0n) is 10.4. The molecule has 0 aromatic carbocycles. The van der Waals surface area contributed by atoms with Gasteiger partial charge in [-0.2, -0.15) is 0 Å². The fraction of sp³-hybridized carbons (Fsp3) is 0.462. The van der Waals surface area contributed by atoms with Gasteiger partial charge in [0.2, 0.25) is 0 Å². The molecular weight excluding hydrogens is 234 g/mol. The molecular formula is C13H19NO2S. The van der Waals surface area contributed by atoms with Crippen LogP contribution in [0.4, 0.5) is 0 Å². The summed E-state index contributed by atoms with van der Waals surface area (Å²) in [7, 11) is 0. The summed E-state index contributed by atoms with van der Waals surface area (Å²) in [6, 6.07) is 4.41. The molecule has 0 radical (unpaired) electrons. The molecule has 0 aliphatic carbocycles. The second-order valence-corrected chi connectivity index (χ2v) is 4.66. The van der Waals surface area contributed by atoms with Gasteiger partial charge in [-0.05, 0) is 24.8 Å². The van der Waals surface area contributed by atoms with Crippen LogP contribution in [0.2, 0.25) is 0 Å². The van der Waals surface area contributed by atoms with Crippen LogP contribution in [0, 0.1) is 0 Å². The molecule has 4 heteroatoms. The summed E-state index contributed by atoms with van der Waals surface area (Å²) in [5.74, 6) is -0.318. The molecule has 1 N–H and O–H groups in total. The number of thiophene rings is 1. The predicted octanol–water partition coefficient (Wildman–Crippen LogP) is 2.91.